The first-order chi connectivity index (χ1) is 18.9. The van der Waals surface area contributed by atoms with Gasteiger partial charge in [0.05, 0.1) is 25.3 Å². The molecule has 2 unspecified atom stereocenters. The van der Waals surface area contributed by atoms with Crippen LogP contribution in [0.25, 0.3) is 0 Å². The van der Waals surface area contributed by atoms with Gasteiger partial charge in [-0.25, -0.2) is 9.97 Å². The summed E-state index contributed by atoms with van der Waals surface area (Å²) in [5, 5.41) is 3.00. The van der Waals surface area contributed by atoms with Crippen LogP contribution in [0.4, 0.5) is 42.4 Å². The van der Waals surface area contributed by atoms with E-state index in [0.717, 1.165) is 0 Å². The topological polar surface area (TPSA) is 94.6 Å². The molecule has 2 fully saturated rings. The Hall–Kier alpha value is -2.56. The van der Waals surface area contributed by atoms with Gasteiger partial charge in [-0.1, -0.05) is 12.1 Å². The number of benzene rings is 1. The van der Waals surface area contributed by atoms with Gasteiger partial charge in [0, 0.05) is 24.5 Å². The maximum absolute atomic E-state index is 15.5. The first-order valence-electron chi connectivity index (χ1n) is 12.5. The second-order valence-electron chi connectivity index (χ2n) is 9.58. The summed E-state index contributed by atoms with van der Waals surface area (Å²) in [4.78, 5) is 9.80. The number of alkyl halides is 6. The molecule has 1 saturated carbocycles. The number of nitrogens with one attached hydrogen (secondary N) is 2. The number of anilines is 2. The highest BCUT2D eigenvalue weighted by Crippen LogP contribution is 2.34. The molecule has 0 bridgehead atoms. The Kier molecular flexibility index (Phi) is 9.85. The Bertz CT molecular complexity index is 1100. The zero-order valence-corrected chi connectivity index (χ0v) is 21.9. The van der Waals surface area contributed by atoms with E-state index >= 15 is 4.39 Å². The monoisotopic (exact) mass is 599 g/mol. The molecule has 16 heteroatoms. The van der Waals surface area contributed by atoms with Crippen molar-refractivity contribution in [2.24, 2.45) is 5.92 Å². The van der Waals surface area contributed by atoms with Crippen LogP contribution in [0, 0.1) is 11.7 Å². The molecule has 8 nitrogen and oxygen atoms in total. The van der Waals surface area contributed by atoms with E-state index in [1.54, 1.807) is 4.90 Å². The van der Waals surface area contributed by atoms with Crippen molar-refractivity contribution >= 4 is 23.0 Å². The van der Waals surface area contributed by atoms with Crippen LogP contribution in [0.15, 0.2) is 30.6 Å². The summed E-state index contributed by atoms with van der Waals surface area (Å²) in [6.07, 6.45) is -5.74. The molecule has 4 rings (SSSR count). The lowest BCUT2D eigenvalue weighted by Gasteiger charge is -2.37. The minimum atomic E-state index is -4.82. The van der Waals surface area contributed by atoms with E-state index < -0.39 is 41.5 Å². The molecule has 1 saturated heterocycles. The van der Waals surface area contributed by atoms with Gasteiger partial charge in [0.25, 0.3) is 0 Å². The molecule has 2 aromatic rings. The Labute approximate surface area is 229 Å². The molecular formula is C24H28F7N5O3S. The van der Waals surface area contributed by atoms with Crippen LogP contribution in [-0.2, 0) is 16.1 Å². The average Bonchev–Trinajstić information content (AvgIpc) is 2.87. The highest BCUT2D eigenvalue weighted by atomic mass is 32.2. The maximum atomic E-state index is 15.5. The number of morpholine rings is 1. The van der Waals surface area contributed by atoms with Crippen molar-refractivity contribution in [1.29, 1.82) is 0 Å². The summed E-state index contributed by atoms with van der Waals surface area (Å²) in [7, 11) is 0. The van der Waals surface area contributed by atoms with E-state index in [4.69, 9.17) is 4.74 Å². The fourth-order valence-electron chi connectivity index (χ4n) is 4.81. The molecule has 1 aromatic heterocycles. The lowest BCUT2D eigenvalue weighted by Crippen LogP contribution is -2.42. The largest absolute Gasteiger partial charge is 0.598 e. The normalized spacial score (nSPS) is 23.1. The van der Waals surface area contributed by atoms with Gasteiger partial charge in [0.1, 0.15) is 12.1 Å². The summed E-state index contributed by atoms with van der Waals surface area (Å²) in [6, 6.07) is 4.46. The molecular weight excluding hydrogens is 571 g/mol. The third-order valence-electron chi connectivity index (χ3n) is 6.67. The molecule has 2 atom stereocenters. The number of halogens is 7. The van der Waals surface area contributed by atoms with Crippen molar-refractivity contribution in [3.63, 3.8) is 0 Å². The molecule has 2 heterocycles. The van der Waals surface area contributed by atoms with Crippen molar-refractivity contribution in [1.82, 2.24) is 14.7 Å². The van der Waals surface area contributed by atoms with Crippen LogP contribution in [0.3, 0.4) is 0 Å². The van der Waals surface area contributed by atoms with Crippen molar-refractivity contribution < 1.29 is 44.8 Å². The third kappa shape index (κ3) is 8.72. The Morgan fingerprint density at radius 3 is 2.40 bits per heavy atom. The quantitative estimate of drug-likeness (QED) is 0.311. The van der Waals surface area contributed by atoms with E-state index in [1.807, 2.05) is 0 Å². The van der Waals surface area contributed by atoms with Gasteiger partial charge < -0.3 is 24.2 Å². The van der Waals surface area contributed by atoms with Crippen molar-refractivity contribution in [3.05, 3.63) is 42.0 Å². The van der Waals surface area contributed by atoms with Crippen molar-refractivity contribution in [2.75, 3.05) is 42.3 Å². The lowest BCUT2D eigenvalue weighted by molar-refractivity contribution is -0.274. The molecule has 0 radical (unpaired) electrons. The second kappa shape index (κ2) is 13.0. The van der Waals surface area contributed by atoms with Crippen LogP contribution < -0.4 is 19.7 Å². The molecule has 222 valence electrons. The van der Waals surface area contributed by atoms with E-state index in [9.17, 15) is 30.9 Å². The first-order valence-corrected chi connectivity index (χ1v) is 13.9. The predicted molar refractivity (Wildman–Crippen MR) is 132 cm³/mol. The predicted octanol–water partition coefficient (Wildman–Crippen LogP) is 4.88. The lowest BCUT2D eigenvalue weighted by atomic mass is 9.86. The van der Waals surface area contributed by atoms with Crippen LogP contribution >= 0.6 is 0 Å². The fourth-order valence-corrected chi connectivity index (χ4v) is 5.80. The SMILES string of the molecule is [O-][S+](CC(F)(F)F)NC1CCC(CNc2ncnc(N3CCOCC3c3ccc(OC(F)(F)F)cc3)c2F)CC1. The van der Waals surface area contributed by atoms with Gasteiger partial charge in [0.2, 0.25) is 11.6 Å². The summed E-state index contributed by atoms with van der Waals surface area (Å²) >= 11 is -2.18. The Balaban J connectivity index is 1.35. The number of aromatic nitrogens is 2. The summed E-state index contributed by atoms with van der Waals surface area (Å²) in [6.45, 7) is 1.12. The molecule has 0 spiro atoms. The number of rotatable bonds is 9. The average molecular weight is 600 g/mol. The van der Waals surface area contributed by atoms with Crippen LogP contribution in [0.5, 0.6) is 5.75 Å². The molecule has 40 heavy (non-hydrogen) atoms. The van der Waals surface area contributed by atoms with Gasteiger partial charge >= 0.3 is 12.5 Å². The minimum absolute atomic E-state index is 0.0153. The van der Waals surface area contributed by atoms with Crippen LogP contribution in [0.2, 0.25) is 0 Å². The summed E-state index contributed by atoms with van der Waals surface area (Å²) < 4.78 is 114. The second-order valence-corrected chi connectivity index (χ2v) is 10.8. The maximum Gasteiger partial charge on any atom is 0.573 e. The van der Waals surface area contributed by atoms with E-state index in [1.165, 1.54) is 30.6 Å². The molecule has 2 N–H and O–H groups in total. The number of hydrogen-bond acceptors (Lipinski definition) is 8. The van der Waals surface area contributed by atoms with Gasteiger partial charge in [-0.2, -0.15) is 17.6 Å². The van der Waals surface area contributed by atoms with E-state index in [-0.39, 0.29) is 42.5 Å². The summed E-state index contributed by atoms with van der Waals surface area (Å²) in [5.74, 6) is -2.36. The third-order valence-corrected chi connectivity index (χ3v) is 7.85. The number of hydrogen-bond donors (Lipinski definition) is 2. The molecule has 0 amide bonds. The Morgan fingerprint density at radius 1 is 1.05 bits per heavy atom. The van der Waals surface area contributed by atoms with Crippen molar-refractivity contribution in [2.45, 2.75) is 50.3 Å². The molecule has 2 aliphatic rings. The molecule has 1 aliphatic carbocycles. The van der Waals surface area contributed by atoms with Gasteiger partial charge in [-0.05, 0) is 49.3 Å². The molecule has 1 aromatic carbocycles. The zero-order chi connectivity index (χ0) is 28.9. The zero-order valence-electron chi connectivity index (χ0n) is 21.1. The standard InChI is InChI=1S/C24H28F7N5O3S/c25-20-21(32-11-15-1-5-17(6-2-15)35-40(37)13-23(26,27)28)33-14-34-22(20)36-9-10-38-12-19(36)16-3-7-18(8-4-16)39-24(29,30)31/h3-4,7-8,14-15,17,19,35H,1-2,5-6,9-13H2,(H,32,33,34). The van der Waals surface area contributed by atoms with E-state index in [2.05, 4.69) is 24.7 Å². The van der Waals surface area contributed by atoms with Gasteiger partial charge in [-0.15, -0.1) is 17.9 Å². The fraction of sp³-hybridized carbons (Fsp3) is 0.583. The minimum Gasteiger partial charge on any atom is -0.598 e. The first kappa shape index (κ1) is 30.4. The number of ether oxygens (including phenoxy) is 2. The van der Waals surface area contributed by atoms with Crippen LogP contribution in [-0.4, -0.2) is 65.2 Å². The van der Waals surface area contributed by atoms with Gasteiger partial charge in [-0.3, -0.25) is 0 Å². The van der Waals surface area contributed by atoms with Crippen LogP contribution in [0.1, 0.15) is 37.3 Å². The van der Waals surface area contributed by atoms with E-state index in [0.29, 0.717) is 44.4 Å². The Morgan fingerprint density at radius 2 is 1.75 bits per heavy atom. The summed E-state index contributed by atoms with van der Waals surface area (Å²) in [5.41, 5.74) is 0.586. The smallest absolute Gasteiger partial charge is 0.573 e. The highest BCUT2D eigenvalue weighted by Gasteiger charge is 2.37. The van der Waals surface area contributed by atoms with Gasteiger partial charge in [0.15, 0.2) is 11.6 Å². The highest BCUT2D eigenvalue weighted by molar-refractivity contribution is 7.89. The number of nitrogens with zero attached hydrogens (tertiary/aromatic N) is 3. The molecule has 1 aliphatic heterocycles. The van der Waals surface area contributed by atoms with Crippen molar-refractivity contribution in [3.8, 4) is 5.75 Å².